The van der Waals surface area contributed by atoms with E-state index in [9.17, 15) is 0 Å². The molecule has 1 N–H and O–H groups in total. The van der Waals surface area contributed by atoms with Crippen LogP contribution in [0.15, 0.2) is 48.5 Å². The zero-order valence-corrected chi connectivity index (χ0v) is 16.1. The maximum Gasteiger partial charge on any atom is 0.161 e. The number of nitrogens with zero attached hydrogens (tertiary/aromatic N) is 1. The average Bonchev–Trinajstić information content (AvgIpc) is 2.68. The fourth-order valence-corrected chi connectivity index (χ4v) is 3.27. The second-order valence-electron chi connectivity index (χ2n) is 6.00. The van der Waals surface area contributed by atoms with Crippen LogP contribution in [-0.4, -0.2) is 51.9 Å². The van der Waals surface area contributed by atoms with Gasteiger partial charge in [0, 0.05) is 31.7 Å². The van der Waals surface area contributed by atoms with Crippen molar-refractivity contribution in [1.82, 2.24) is 10.2 Å². The van der Waals surface area contributed by atoms with Crippen LogP contribution in [0.3, 0.4) is 0 Å². The van der Waals surface area contributed by atoms with Crippen molar-refractivity contribution in [3.8, 4) is 17.2 Å². The molecule has 0 bridgehead atoms. The van der Waals surface area contributed by atoms with Crippen molar-refractivity contribution in [2.24, 2.45) is 0 Å². The molecule has 5 nitrogen and oxygen atoms in total. The molecule has 2 aromatic carbocycles. The number of methoxy groups -OCH3 is 2. The first-order valence-corrected chi connectivity index (χ1v) is 8.67. The van der Waals surface area contributed by atoms with Gasteiger partial charge in [-0.3, -0.25) is 4.90 Å². The van der Waals surface area contributed by atoms with Crippen LogP contribution in [0.4, 0.5) is 0 Å². The molecule has 1 saturated heterocycles. The van der Waals surface area contributed by atoms with Crippen LogP contribution in [0, 0.1) is 0 Å². The molecule has 6 heteroatoms. The van der Waals surface area contributed by atoms with E-state index in [4.69, 9.17) is 14.2 Å². The van der Waals surface area contributed by atoms with Gasteiger partial charge in [-0.05, 0) is 18.2 Å². The Hall–Kier alpha value is -1.95. The van der Waals surface area contributed by atoms with Gasteiger partial charge in [-0.2, -0.15) is 0 Å². The molecule has 1 atom stereocenters. The Labute approximate surface area is 161 Å². The molecule has 0 amide bonds. The third-order valence-electron chi connectivity index (χ3n) is 4.56. The van der Waals surface area contributed by atoms with Crippen molar-refractivity contribution in [2.45, 2.75) is 6.04 Å². The van der Waals surface area contributed by atoms with Crippen LogP contribution in [0.25, 0.3) is 0 Å². The van der Waals surface area contributed by atoms with Gasteiger partial charge in [-0.1, -0.05) is 30.3 Å². The first kappa shape index (κ1) is 20.4. The van der Waals surface area contributed by atoms with Gasteiger partial charge in [0.2, 0.25) is 0 Å². The summed E-state index contributed by atoms with van der Waals surface area (Å²) in [7, 11) is 3.39. The van der Waals surface area contributed by atoms with Gasteiger partial charge in [0.25, 0.3) is 0 Å². The SMILES string of the molecule is COc1ccccc1OCCN1CCNCC1c1ccccc1OC.Cl. The summed E-state index contributed by atoms with van der Waals surface area (Å²) < 4.78 is 16.8. The number of nitrogens with one attached hydrogen (secondary N) is 1. The maximum absolute atomic E-state index is 5.95. The van der Waals surface area contributed by atoms with Gasteiger partial charge < -0.3 is 19.5 Å². The lowest BCUT2D eigenvalue weighted by Gasteiger charge is -2.37. The molecule has 0 aromatic heterocycles. The summed E-state index contributed by atoms with van der Waals surface area (Å²) >= 11 is 0. The highest BCUT2D eigenvalue weighted by Crippen LogP contribution is 2.30. The first-order chi connectivity index (χ1) is 12.3. The van der Waals surface area contributed by atoms with Crippen molar-refractivity contribution in [3.63, 3.8) is 0 Å². The zero-order chi connectivity index (χ0) is 17.5. The molecule has 1 fully saturated rings. The standard InChI is InChI=1S/C20H26N2O3.ClH/c1-23-18-8-4-3-7-16(18)17-15-21-11-12-22(17)13-14-25-20-10-6-5-9-19(20)24-2;/h3-10,17,21H,11-15H2,1-2H3;1H. The molecule has 1 aliphatic rings. The van der Waals surface area contributed by atoms with Crippen LogP contribution < -0.4 is 19.5 Å². The Bertz CT molecular complexity index is 684. The van der Waals surface area contributed by atoms with Crippen LogP contribution in [0.1, 0.15) is 11.6 Å². The minimum absolute atomic E-state index is 0. The van der Waals surface area contributed by atoms with Crippen LogP contribution >= 0.6 is 12.4 Å². The lowest BCUT2D eigenvalue weighted by atomic mass is 10.0. The number of benzene rings is 2. The molecule has 0 saturated carbocycles. The molecule has 1 aliphatic heterocycles. The van der Waals surface area contributed by atoms with E-state index in [1.165, 1.54) is 5.56 Å². The van der Waals surface area contributed by atoms with E-state index in [2.05, 4.69) is 22.3 Å². The molecule has 0 spiro atoms. The van der Waals surface area contributed by atoms with E-state index in [0.717, 1.165) is 43.4 Å². The van der Waals surface area contributed by atoms with E-state index in [0.29, 0.717) is 6.61 Å². The summed E-state index contributed by atoms with van der Waals surface area (Å²) in [6, 6.07) is 16.3. The minimum atomic E-state index is 0. The number of ether oxygens (including phenoxy) is 3. The summed E-state index contributed by atoms with van der Waals surface area (Å²) in [6.07, 6.45) is 0. The third-order valence-corrected chi connectivity index (χ3v) is 4.56. The summed E-state index contributed by atoms with van der Waals surface area (Å²) in [5.74, 6) is 2.49. The lowest BCUT2D eigenvalue weighted by molar-refractivity contribution is 0.131. The quantitative estimate of drug-likeness (QED) is 0.801. The number of hydrogen-bond donors (Lipinski definition) is 1. The molecule has 3 rings (SSSR count). The van der Waals surface area contributed by atoms with Crippen molar-refractivity contribution in [3.05, 3.63) is 54.1 Å². The molecule has 142 valence electrons. The Morgan fingerprint density at radius 2 is 1.62 bits per heavy atom. The summed E-state index contributed by atoms with van der Waals surface area (Å²) in [5, 5.41) is 3.48. The molecule has 1 heterocycles. The Kier molecular flexibility index (Phi) is 8.04. The zero-order valence-electron chi connectivity index (χ0n) is 15.3. The Balaban J connectivity index is 0.00000243. The number of halogens is 1. The molecular weight excluding hydrogens is 352 g/mol. The second-order valence-corrected chi connectivity index (χ2v) is 6.00. The Morgan fingerprint density at radius 1 is 0.962 bits per heavy atom. The lowest BCUT2D eigenvalue weighted by Crippen LogP contribution is -2.47. The summed E-state index contributed by atoms with van der Waals surface area (Å²) in [5.41, 5.74) is 1.22. The predicted molar refractivity (Wildman–Crippen MR) is 106 cm³/mol. The molecule has 2 aromatic rings. The smallest absolute Gasteiger partial charge is 0.161 e. The highest BCUT2D eigenvalue weighted by molar-refractivity contribution is 5.85. The van der Waals surface area contributed by atoms with E-state index in [-0.39, 0.29) is 18.4 Å². The second kappa shape index (κ2) is 10.3. The molecular formula is C20H27ClN2O3. The van der Waals surface area contributed by atoms with E-state index < -0.39 is 0 Å². The van der Waals surface area contributed by atoms with Crippen LogP contribution in [-0.2, 0) is 0 Å². The maximum atomic E-state index is 5.95. The van der Waals surface area contributed by atoms with Crippen LogP contribution in [0.5, 0.6) is 17.2 Å². The molecule has 0 radical (unpaired) electrons. The number of hydrogen-bond acceptors (Lipinski definition) is 5. The van der Waals surface area contributed by atoms with Crippen molar-refractivity contribution in [2.75, 3.05) is 47.0 Å². The van der Waals surface area contributed by atoms with Gasteiger partial charge in [-0.25, -0.2) is 0 Å². The Morgan fingerprint density at radius 3 is 2.35 bits per heavy atom. The topological polar surface area (TPSA) is 43.0 Å². The van der Waals surface area contributed by atoms with Gasteiger partial charge in [-0.15, -0.1) is 12.4 Å². The third kappa shape index (κ3) is 4.81. The van der Waals surface area contributed by atoms with Gasteiger partial charge in [0.15, 0.2) is 11.5 Å². The molecule has 0 aliphatic carbocycles. The van der Waals surface area contributed by atoms with E-state index in [1.807, 2.05) is 36.4 Å². The predicted octanol–water partition coefficient (Wildman–Crippen LogP) is 3.15. The number of para-hydroxylation sites is 3. The number of piperazine rings is 1. The van der Waals surface area contributed by atoms with Crippen molar-refractivity contribution < 1.29 is 14.2 Å². The normalized spacial score (nSPS) is 17.2. The largest absolute Gasteiger partial charge is 0.496 e. The van der Waals surface area contributed by atoms with E-state index in [1.54, 1.807) is 14.2 Å². The van der Waals surface area contributed by atoms with Gasteiger partial charge >= 0.3 is 0 Å². The van der Waals surface area contributed by atoms with E-state index >= 15 is 0 Å². The first-order valence-electron chi connectivity index (χ1n) is 8.67. The van der Waals surface area contributed by atoms with Crippen LogP contribution in [0.2, 0.25) is 0 Å². The summed E-state index contributed by atoms with van der Waals surface area (Å²) in [6.45, 7) is 4.35. The monoisotopic (exact) mass is 378 g/mol. The summed E-state index contributed by atoms with van der Waals surface area (Å²) in [4.78, 5) is 2.45. The van der Waals surface area contributed by atoms with Crippen molar-refractivity contribution in [1.29, 1.82) is 0 Å². The molecule has 26 heavy (non-hydrogen) atoms. The van der Waals surface area contributed by atoms with Gasteiger partial charge in [0.1, 0.15) is 12.4 Å². The average molecular weight is 379 g/mol. The fourth-order valence-electron chi connectivity index (χ4n) is 3.27. The minimum Gasteiger partial charge on any atom is -0.496 e. The molecule has 1 unspecified atom stereocenters. The fraction of sp³-hybridized carbons (Fsp3) is 0.400. The highest BCUT2D eigenvalue weighted by Gasteiger charge is 2.25. The van der Waals surface area contributed by atoms with Crippen molar-refractivity contribution >= 4 is 12.4 Å². The number of rotatable bonds is 7. The van der Waals surface area contributed by atoms with Gasteiger partial charge in [0.05, 0.1) is 20.3 Å². The highest BCUT2D eigenvalue weighted by atomic mass is 35.5.